The third-order valence-electron chi connectivity index (χ3n) is 5.57. The molecule has 1 aromatic carbocycles. The zero-order valence-corrected chi connectivity index (χ0v) is 21.6. The third kappa shape index (κ3) is 6.53. The van der Waals surface area contributed by atoms with Gasteiger partial charge in [0.2, 0.25) is 16.0 Å². The van der Waals surface area contributed by atoms with Gasteiger partial charge in [0.25, 0.3) is 0 Å². The number of nitrogens with one attached hydrogen (secondary N) is 3. The Balaban J connectivity index is 1.66. The number of carbonyl (C=O) groups is 1. The number of benzene rings is 1. The smallest absolute Gasteiger partial charge is 0.407 e. The summed E-state index contributed by atoms with van der Waals surface area (Å²) in [6.07, 6.45) is 3.21. The average Bonchev–Trinajstić information content (AvgIpc) is 3.62. The minimum atomic E-state index is -3.69. The van der Waals surface area contributed by atoms with Gasteiger partial charge in [0.05, 0.1) is 18.6 Å². The molecule has 11 nitrogen and oxygen atoms in total. The molecule has 1 atom stereocenters. The highest BCUT2D eigenvalue weighted by Crippen LogP contribution is 2.44. The van der Waals surface area contributed by atoms with Gasteiger partial charge >= 0.3 is 6.09 Å². The largest absolute Gasteiger partial charge is 0.453 e. The quantitative estimate of drug-likeness (QED) is 0.331. The average molecular weight is 533 g/mol. The van der Waals surface area contributed by atoms with Crippen molar-refractivity contribution >= 4 is 27.8 Å². The number of rotatable bonds is 11. The lowest BCUT2D eigenvalue weighted by Crippen LogP contribution is -2.37. The lowest BCUT2D eigenvalue weighted by atomic mass is 10.1. The van der Waals surface area contributed by atoms with Crippen molar-refractivity contribution in [2.75, 3.05) is 29.4 Å². The van der Waals surface area contributed by atoms with Crippen LogP contribution < -0.4 is 15.4 Å². The monoisotopic (exact) mass is 532 g/mol. The lowest BCUT2D eigenvalue weighted by Gasteiger charge is -2.14. The lowest BCUT2D eigenvalue weighted by molar-refractivity contribution is 0.168. The first-order chi connectivity index (χ1) is 17.7. The molecular weight excluding hydrogens is 503 g/mol. The van der Waals surface area contributed by atoms with Gasteiger partial charge in [-0.1, -0.05) is 13.0 Å². The van der Waals surface area contributed by atoms with Gasteiger partial charge in [-0.3, -0.25) is 4.72 Å². The minimum absolute atomic E-state index is 0.0892. The van der Waals surface area contributed by atoms with E-state index in [9.17, 15) is 13.2 Å². The highest BCUT2D eigenvalue weighted by molar-refractivity contribution is 7.92. The number of anilines is 2. The van der Waals surface area contributed by atoms with E-state index in [1.807, 2.05) is 0 Å². The summed E-state index contributed by atoms with van der Waals surface area (Å²) in [4.78, 5) is 24.7. The van der Waals surface area contributed by atoms with E-state index in [0.717, 1.165) is 12.8 Å². The van der Waals surface area contributed by atoms with Crippen molar-refractivity contribution in [3.63, 3.8) is 0 Å². The molecular formula is C24H29FN6O5S. The standard InChI is InChI=1S/C24H29FN6O5S/c1-4-12-37(33,34)31-17-7-5-6-16(19(17)25)20-21(36-22(30-20)15-8-9-15)18-10-11-26-23(29-18)27-13-14(2)28-24(32)35-3/h5-7,10-11,14-15,31H,4,8-9,12-13H2,1-3H3,(H,28,32)(H,26,27,29). The number of nitrogens with zero attached hydrogens (tertiary/aromatic N) is 3. The van der Waals surface area contributed by atoms with Crippen LogP contribution in [0.5, 0.6) is 0 Å². The number of oxazole rings is 1. The van der Waals surface area contributed by atoms with E-state index >= 15 is 4.39 Å². The van der Waals surface area contributed by atoms with E-state index in [1.54, 1.807) is 26.0 Å². The molecule has 1 fully saturated rings. The molecule has 1 amide bonds. The summed E-state index contributed by atoms with van der Waals surface area (Å²) >= 11 is 0. The maximum absolute atomic E-state index is 15.6. The first kappa shape index (κ1) is 26.3. The van der Waals surface area contributed by atoms with Gasteiger partial charge in [0, 0.05) is 30.3 Å². The highest BCUT2D eigenvalue weighted by Gasteiger charge is 2.32. The van der Waals surface area contributed by atoms with Gasteiger partial charge in [0.1, 0.15) is 11.4 Å². The van der Waals surface area contributed by atoms with Crippen molar-refractivity contribution < 1.29 is 26.8 Å². The number of hydrogen-bond donors (Lipinski definition) is 3. The molecule has 0 spiro atoms. The van der Waals surface area contributed by atoms with Crippen LogP contribution in [0.15, 0.2) is 34.9 Å². The summed E-state index contributed by atoms with van der Waals surface area (Å²) < 4.78 is 53.0. The van der Waals surface area contributed by atoms with Crippen LogP contribution in [0.4, 0.5) is 20.8 Å². The Morgan fingerprint density at radius 1 is 1.27 bits per heavy atom. The molecule has 0 radical (unpaired) electrons. The zero-order chi connectivity index (χ0) is 26.6. The van der Waals surface area contributed by atoms with Crippen LogP contribution in [-0.4, -0.2) is 54.9 Å². The number of methoxy groups -OCH3 is 1. The maximum Gasteiger partial charge on any atom is 0.407 e. The molecule has 1 aliphatic carbocycles. The van der Waals surface area contributed by atoms with Crippen LogP contribution in [0.1, 0.15) is 44.9 Å². The Morgan fingerprint density at radius 3 is 2.76 bits per heavy atom. The number of aromatic nitrogens is 3. The van der Waals surface area contributed by atoms with Gasteiger partial charge in [-0.05, 0) is 44.4 Å². The van der Waals surface area contributed by atoms with Gasteiger partial charge in [0.15, 0.2) is 17.5 Å². The number of halogens is 1. The molecule has 13 heteroatoms. The molecule has 1 aliphatic rings. The first-order valence-corrected chi connectivity index (χ1v) is 13.6. The first-order valence-electron chi connectivity index (χ1n) is 11.9. The van der Waals surface area contributed by atoms with Gasteiger partial charge in [-0.15, -0.1) is 0 Å². The molecule has 4 rings (SSSR count). The van der Waals surface area contributed by atoms with Crippen molar-refractivity contribution in [2.24, 2.45) is 0 Å². The second kappa shape index (κ2) is 11.1. The van der Waals surface area contributed by atoms with Crippen LogP contribution in [0.2, 0.25) is 0 Å². The van der Waals surface area contributed by atoms with Crippen LogP contribution >= 0.6 is 0 Å². The Morgan fingerprint density at radius 2 is 2.05 bits per heavy atom. The van der Waals surface area contributed by atoms with E-state index in [1.165, 1.54) is 25.4 Å². The summed E-state index contributed by atoms with van der Waals surface area (Å²) in [7, 11) is -2.41. The maximum atomic E-state index is 15.6. The van der Waals surface area contributed by atoms with Crippen molar-refractivity contribution in [3.8, 4) is 22.7 Å². The number of amides is 1. The second-order valence-electron chi connectivity index (χ2n) is 8.78. The van der Waals surface area contributed by atoms with Crippen LogP contribution in [0.3, 0.4) is 0 Å². The fourth-order valence-electron chi connectivity index (χ4n) is 3.60. The van der Waals surface area contributed by atoms with E-state index in [-0.39, 0.29) is 46.4 Å². The molecule has 3 N–H and O–H groups in total. The fourth-order valence-corrected chi connectivity index (χ4v) is 4.74. The number of ether oxygens (including phenoxy) is 1. The highest BCUT2D eigenvalue weighted by atomic mass is 32.2. The number of sulfonamides is 1. The Kier molecular flexibility index (Phi) is 7.91. The summed E-state index contributed by atoms with van der Waals surface area (Å²) in [6, 6.07) is 5.79. The van der Waals surface area contributed by atoms with Crippen LogP contribution in [-0.2, 0) is 14.8 Å². The van der Waals surface area contributed by atoms with Gasteiger partial charge in [-0.2, -0.15) is 0 Å². The molecule has 0 saturated heterocycles. The Labute approximate surface area is 214 Å². The zero-order valence-electron chi connectivity index (χ0n) is 20.7. The van der Waals surface area contributed by atoms with Crippen LogP contribution in [0.25, 0.3) is 22.7 Å². The summed E-state index contributed by atoms with van der Waals surface area (Å²) in [6.45, 7) is 3.84. The fraction of sp³-hybridized carbons (Fsp3) is 0.417. The Hall–Kier alpha value is -3.74. The summed E-state index contributed by atoms with van der Waals surface area (Å²) in [5, 5.41) is 5.67. The molecule has 2 heterocycles. The van der Waals surface area contributed by atoms with Crippen molar-refractivity contribution in [1.82, 2.24) is 20.3 Å². The van der Waals surface area contributed by atoms with E-state index < -0.39 is 21.9 Å². The predicted octanol–water partition coefficient (Wildman–Crippen LogP) is 4.12. The molecule has 0 bridgehead atoms. The SMILES string of the molecule is CCCS(=O)(=O)Nc1cccc(-c2nc(C3CC3)oc2-c2ccnc(NCC(C)NC(=O)OC)n2)c1F. The molecule has 198 valence electrons. The van der Waals surface area contributed by atoms with E-state index in [0.29, 0.717) is 24.6 Å². The van der Waals surface area contributed by atoms with E-state index in [2.05, 4.69) is 35.0 Å². The second-order valence-corrected chi connectivity index (χ2v) is 10.6. The van der Waals surface area contributed by atoms with Crippen molar-refractivity contribution in [3.05, 3.63) is 42.2 Å². The van der Waals surface area contributed by atoms with Gasteiger partial charge < -0.3 is 19.8 Å². The van der Waals surface area contributed by atoms with Crippen molar-refractivity contribution in [1.29, 1.82) is 0 Å². The topological polar surface area (TPSA) is 148 Å². The molecule has 37 heavy (non-hydrogen) atoms. The molecule has 3 aromatic rings. The molecule has 1 saturated carbocycles. The number of alkyl carbamates (subject to hydrolysis) is 1. The van der Waals surface area contributed by atoms with Crippen molar-refractivity contribution in [2.45, 2.75) is 45.1 Å². The molecule has 1 unspecified atom stereocenters. The van der Waals surface area contributed by atoms with Gasteiger partial charge in [-0.25, -0.2) is 32.6 Å². The normalized spacial score (nSPS) is 14.2. The summed E-state index contributed by atoms with van der Waals surface area (Å²) in [5.74, 6) is 0.266. The predicted molar refractivity (Wildman–Crippen MR) is 136 cm³/mol. The number of hydrogen-bond acceptors (Lipinski definition) is 9. The van der Waals surface area contributed by atoms with E-state index in [4.69, 9.17) is 4.42 Å². The van der Waals surface area contributed by atoms with Crippen LogP contribution in [0, 0.1) is 5.82 Å². The number of carbonyl (C=O) groups excluding carboxylic acids is 1. The molecule has 0 aliphatic heterocycles. The molecule has 2 aromatic heterocycles. The minimum Gasteiger partial charge on any atom is -0.453 e. The third-order valence-corrected chi connectivity index (χ3v) is 7.04. The summed E-state index contributed by atoms with van der Waals surface area (Å²) in [5.41, 5.74) is 0.523. The Bertz CT molecular complexity index is 1380.